The molecule has 2 atom stereocenters. The standard InChI is InChI=1S/C14H18Cl2N2O2/c1-9-5-6-18(7-12(9)19)8-13(20)17-14-10(15)3-2-4-11(14)16/h2-4,9,12,19H,5-8H2,1H3,(H,17,20). The van der Waals surface area contributed by atoms with Crippen LogP contribution in [0.2, 0.25) is 10.0 Å². The average Bonchev–Trinajstić information content (AvgIpc) is 2.38. The van der Waals surface area contributed by atoms with Crippen LogP contribution in [0, 0.1) is 5.92 Å². The lowest BCUT2D eigenvalue weighted by atomic mass is 9.96. The number of nitrogens with one attached hydrogen (secondary N) is 1. The predicted molar refractivity (Wildman–Crippen MR) is 81.3 cm³/mol. The van der Waals surface area contributed by atoms with E-state index in [1.807, 2.05) is 11.8 Å². The van der Waals surface area contributed by atoms with Crippen molar-refractivity contribution in [3.05, 3.63) is 28.2 Å². The number of carbonyl (C=O) groups is 1. The summed E-state index contributed by atoms with van der Waals surface area (Å²) in [6, 6.07) is 5.08. The van der Waals surface area contributed by atoms with Crippen LogP contribution in [0.5, 0.6) is 0 Å². The van der Waals surface area contributed by atoms with E-state index >= 15 is 0 Å². The van der Waals surface area contributed by atoms with Crippen molar-refractivity contribution < 1.29 is 9.90 Å². The Hall–Kier alpha value is -0.810. The number of aliphatic hydroxyl groups excluding tert-OH is 1. The van der Waals surface area contributed by atoms with Crippen molar-refractivity contribution in [2.45, 2.75) is 19.4 Å². The van der Waals surface area contributed by atoms with Crippen molar-refractivity contribution in [3.8, 4) is 0 Å². The third-order valence-corrected chi connectivity index (χ3v) is 4.23. The number of nitrogens with zero attached hydrogens (tertiary/aromatic N) is 1. The Bertz CT molecular complexity index is 476. The number of rotatable bonds is 3. The van der Waals surface area contributed by atoms with Crippen LogP contribution in [0.4, 0.5) is 5.69 Å². The van der Waals surface area contributed by atoms with Gasteiger partial charge in [-0.3, -0.25) is 9.69 Å². The molecule has 20 heavy (non-hydrogen) atoms. The highest BCUT2D eigenvalue weighted by molar-refractivity contribution is 6.39. The van der Waals surface area contributed by atoms with Crippen molar-refractivity contribution in [1.29, 1.82) is 0 Å². The van der Waals surface area contributed by atoms with Gasteiger partial charge in [-0.2, -0.15) is 0 Å². The lowest BCUT2D eigenvalue weighted by Crippen LogP contribution is -2.45. The number of halogens is 2. The fourth-order valence-corrected chi connectivity index (χ4v) is 2.75. The number of piperidine rings is 1. The molecule has 1 aliphatic rings. The number of para-hydroxylation sites is 1. The third-order valence-electron chi connectivity index (χ3n) is 3.60. The zero-order chi connectivity index (χ0) is 14.7. The topological polar surface area (TPSA) is 52.6 Å². The first-order chi connectivity index (χ1) is 9.47. The highest BCUT2D eigenvalue weighted by Gasteiger charge is 2.25. The van der Waals surface area contributed by atoms with Crippen molar-refractivity contribution in [1.82, 2.24) is 4.90 Å². The number of anilines is 1. The zero-order valence-electron chi connectivity index (χ0n) is 11.3. The van der Waals surface area contributed by atoms with Crippen LogP contribution < -0.4 is 5.32 Å². The Balaban J connectivity index is 1.93. The number of aliphatic hydroxyl groups is 1. The molecule has 1 amide bonds. The van der Waals surface area contributed by atoms with E-state index in [1.165, 1.54) is 0 Å². The molecule has 1 aromatic carbocycles. The highest BCUT2D eigenvalue weighted by atomic mass is 35.5. The van der Waals surface area contributed by atoms with E-state index in [9.17, 15) is 9.90 Å². The van der Waals surface area contributed by atoms with Gasteiger partial charge in [-0.25, -0.2) is 0 Å². The SMILES string of the molecule is CC1CCN(CC(=O)Nc2c(Cl)cccc2Cl)CC1O. The maximum absolute atomic E-state index is 12.0. The summed E-state index contributed by atoms with van der Waals surface area (Å²) >= 11 is 12.0. The number of likely N-dealkylation sites (tertiary alicyclic amines) is 1. The van der Waals surface area contributed by atoms with Gasteiger partial charge in [-0.05, 0) is 31.0 Å². The van der Waals surface area contributed by atoms with E-state index in [1.54, 1.807) is 18.2 Å². The molecule has 2 unspecified atom stereocenters. The van der Waals surface area contributed by atoms with E-state index in [-0.39, 0.29) is 24.5 Å². The van der Waals surface area contributed by atoms with Gasteiger partial charge in [0.1, 0.15) is 0 Å². The molecule has 1 heterocycles. The maximum atomic E-state index is 12.0. The molecule has 0 aliphatic carbocycles. The van der Waals surface area contributed by atoms with Gasteiger partial charge in [0.15, 0.2) is 0 Å². The second-order valence-electron chi connectivity index (χ2n) is 5.21. The second kappa shape index (κ2) is 6.76. The number of carbonyl (C=O) groups excluding carboxylic acids is 1. The minimum Gasteiger partial charge on any atom is -0.392 e. The molecule has 0 spiro atoms. The van der Waals surface area contributed by atoms with Gasteiger partial charge < -0.3 is 10.4 Å². The smallest absolute Gasteiger partial charge is 0.238 e. The third kappa shape index (κ3) is 3.85. The molecule has 1 aromatic rings. The van der Waals surface area contributed by atoms with Gasteiger partial charge in [0.25, 0.3) is 0 Å². The van der Waals surface area contributed by atoms with E-state index in [4.69, 9.17) is 23.2 Å². The number of hydrogen-bond donors (Lipinski definition) is 2. The fourth-order valence-electron chi connectivity index (χ4n) is 2.26. The number of amides is 1. The van der Waals surface area contributed by atoms with Gasteiger partial charge in [0.05, 0.1) is 28.4 Å². The fraction of sp³-hybridized carbons (Fsp3) is 0.500. The monoisotopic (exact) mass is 316 g/mol. The number of hydrogen-bond acceptors (Lipinski definition) is 3. The van der Waals surface area contributed by atoms with Crippen LogP contribution in [0.3, 0.4) is 0 Å². The molecule has 0 aromatic heterocycles. The summed E-state index contributed by atoms with van der Waals surface area (Å²) < 4.78 is 0. The molecule has 0 bridgehead atoms. The molecule has 110 valence electrons. The molecule has 1 fully saturated rings. The van der Waals surface area contributed by atoms with Gasteiger partial charge in [0.2, 0.25) is 5.91 Å². The van der Waals surface area contributed by atoms with E-state index in [0.717, 1.165) is 13.0 Å². The minimum atomic E-state index is -0.375. The molecular weight excluding hydrogens is 299 g/mol. The summed E-state index contributed by atoms with van der Waals surface area (Å²) in [6.45, 7) is 3.57. The first-order valence-corrected chi connectivity index (χ1v) is 7.37. The number of benzene rings is 1. The summed E-state index contributed by atoms with van der Waals surface area (Å²) in [5.74, 6) is 0.106. The summed E-state index contributed by atoms with van der Waals surface area (Å²) in [6.07, 6.45) is 0.516. The molecular formula is C14H18Cl2N2O2. The first-order valence-electron chi connectivity index (χ1n) is 6.61. The van der Waals surface area contributed by atoms with Crippen molar-refractivity contribution in [2.24, 2.45) is 5.92 Å². The van der Waals surface area contributed by atoms with E-state index in [0.29, 0.717) is 22.3 Å². The highest BCUT2D eigenvalue weighted by Crippen LogP contribution is 2.29. The number of β-amino-alcohol motifs (C(OH)–C–C–N with tert-alkyl or cyclic N) is 1. The summed E-state index contributed by atoms with van der Waals surface area (Å²) in [7, 11) is 0. The zero-order valence-corrected chi connectivity index (χ0v) is 12.8. The Morgan fingerprint density at radius 1 is 1.45 bits per heavy atom. The van der Waals surface area contributed by atoms with Crippen molar-refractivity contribution in [3.63, 3.8) is 0 Å². The molecule has 2 N–H and O–H groups in total. The molecule has 0 saturated carbocycles. The second-order valence-corrected chi connectivity index (χ2v) is 6.03. The predicted octanol–water partition coefficient (Wildman–Crippen LogP) is 2.63. The minimum absolute atomic E-state index is 0.179. The maximum Gasteiger partial charge on any atom is 0.238 e. The first kappa shape index (κ1) is 15.6. The molecule has 1 saturated heterocycles. The summed E-state index contributed by atoms with van der Waals surface area (Å²) in [5, 5.41) is 13.4. The van der Waals surface area contributed by atoms with Crippen LogP contribution in [-0.4, -0.2) is 41.7 Å². The average molecular weight is 317 g/mol. The Labute approximate surface area is 128 Å². The lowest BCUT2D eigenvalue weighted by Gasteiger charge is -2.33. The van der Waals surface area contributed by atoms with E-state index < -0.39 is 0 Å². The van der Waals surface area contributed by atoms with Crippen LogP contribution in [-0.2, 0) is 4.79 Å². The van der Waals surface area contributed by atoms with E-state index in [2.05, 4.69) is 5.32 Å². The quantitative estimate of drug-likeness (QED) is 0.901. The molecule has 0 radical (unpaired) electrons. The molecule has 6 heteroatoms. The van der Waals surface area contributed by atoms with Gasteiger partial charge in [0, 0.05) is 6.54 Å². The molecule has 2 rings (SSSR count). The Morgan fingerprint density at radius 2 is 2.10 bits per heavy atom. The molecule has 4 nitrogen and oxygen atoms in total. The Kier molecular flexibility index (Phi) is 5.27. The summed E-state index contributed by atoms with van der Waals surface area (Å²) in [4.78, 5) is 14.0. The van der Waals surface area contributed by atoms with Crippen molar-refractivity contribution in [2.75, 3.05) is 25.0 Å². The van der Waals surface area contributed by atoms with Crippen LogP contribution in [0.15, 0.2) is 18.2 Å². The van der Waals surface area contributed by atoms with Gasteiger partial charge >= 0.3 is 0 Å². The van der Waals surface area contributed by atoms with Crippen LogP contribution in [0.1, 0.15) is 13.3 Å². The Morgan fingerprint density at radius 3 is 2.70 bits per heavy atom. The largest absolute Gasteiger partial charge is 0.392 e. The van der Waals surface area contributed by atoms with Crippen LogP contribution in [0.25, 0.3) is 0 Å². The molecule has 1 aliphatic heterocycles. The normalized spacial score (nSPS) is 23.6. The lowest BCUT2D eigenvalue weighted by molar-refractivity contribution is -0.118. The van der Waals surface area contributed by atoms with Gasteiger partial charge in [-0.15, -0.1) is 0 Å². The van der Waals surface area contributed by atoms with Gasteiger partial charge in [-0.1, -0.05) is 36.2 Å². The van der Waals surface area contributed by atoms with Crippen LogP contribution >= 0.6 is 23.2 Å². The summed E-state index contributed by atoms with van der Waals surface area (Å²) in [5.41, 5.74) is 0.437. The van der Waals surface area contributed by atoms with Crippen molar-refractivity contribution >= 4 is 34.8 Å².